The summed E-state index contributed by atoms with van der Waals surface area (Å²) in [4.78, 5) is 4.06. The number of nitrogens with one attached hydrogen (secondary N) is 1. The molecule has 0 aliphatic heterocycles. The fraction of sp³-hybridized carbons (Fsp3) is 0.571. The van der Waals surface area contributed by atoms with E-state index in [0.717, 1.165) is 13.1 Å². The van der Waals surface area contributed by atoms with E-state index in [9.17, 15) is 0 Å². The number of nitrogens with zero attached hydrogens (tertiary/aromatic N) is 4. The fourth-order valence-corrected chi connectivity index (χ4v) is 2.24. The molecular weight excluding hydrogens is 238 g/mol. The van der Waals surface area contributed by atoms with Crippen molar-refractivity contribution in [2.45, 2.75) is 45.8 Å². The molecule has 2 rings (SSSR count). The Balaban J connectivity index is 1.91. The first-order chi connectivity index (χ1) is 9.06. The molecule has 0 bridgehead atoms. The first kappa shape index (κ1) is 13.8. The lowest BCUT2D eigenvalue weighted by Crippen LogP contribution is -2.29. The Morgan fingerprint density at radius 3 is 2.74 bits per heavy atom. The van der Waals surface area contributed by atoms with Crippen LogP contribution >= 0.6 is 0 Å². The van der Waals surface area contributed by atoms with E-state index >= 15 is 0 Å². The Kier molecular flexibility index (Phi) is 4.37. The maximum atomic E-state index is 4.53. The van der Waals surface area contributed by atoms with E-state index < -0.39 is 0 Å². The normalized spacial score (nSPS) is 13.1. The Bertz CT molecular complexity index is 498. The van der Waals surface area contributed by atoms with Gasteiger partial charge < -0.3 is 9.88 Å². The van der Waals surface area contributed by atoms with Crippen LogP contribution in [0, 0.1) is 0 Å². The number of aryl methyl sites for hydroxylation is 1. The molecule has 0 aromatic carbocycles. The van der Waals surface area contributed by atoms with Crippen molar-refractivity contribution in [2.24, 2.45) is 7.05 Å². The van der Waals surface area contributed by atoms with E-state index in [1.165, 1.54) is 11.3 Å². The highest BCUT2D eigenvalue weighted by molar-refractivity contribution is 5.20. The van der Waals surface area contributed by atoms with Crippen molar-refractivity contribution in [2.75, 3.05) is 0 Å². The molecule has 0 saturated heterocycles. The van der Waals surface area contributed by atoms with E-state index in [-0.39, 0.29) is 0 Å². The standard InChI is InChI=1S/C14H23N5/c1-11(2)14-13(9-18(4)17-14)7-16-12(3)8-19-6-5-15-10-19/h5-6,9-12,16H,7-8H2,1-4H3. The van der Waals surface area contributed by atoms with Crippen molar-refractivity contribution >= 4 is 0 Å². The molecule has 0 spiro atoms. The minimum atomic E-state index is 0.398. The first-order valence-electron chi connectivity index (χ1n) is 6.77. The highest BCUT2D eigenvalue weighted by atomic mass is 15.3. The van der Waals surface area contributed by atoms with E-state index in [1.807, 2.05) is 30.5 Å². The van der Waals surface area contributed by atoms with Gasteiger partial charge in [0.2, 0.25) is 0 Å². The zero-order valence-electron chi connectivity index (χ0n) is 12.2. The SMILES string of the molecule is CC(Cn1ccnc1)NCc1cn(C)nc1C(C)C. The molecule has 0 aliphatic rings. The summed E-state index contributed by atoms with van der Waals surface area (Å²) in [5, 5.41) is 8.07. The highest BCUT2D eigenvalue weighted by Gasteiger charge is 2.12. The van der Waals surface area contributed by atoms with E-state index in [0.29, 0.717) is 12.0 Å². The first-order valence-corrected chi connectivity index (χ1v) is 6.77. The highest BCUT2D eigenvalue weighted by Crippen LogP contribution is 2.17. The van der Waals surface area contributed by atoms with E-state index in [2.05, 4.69) is 46.9 Å². The molecule has 5 nitrogen and oxygen atoms in total. The second-order valence-electron chi connectivity index (χ2n) is 5.41. The molecule has 1 N–H and O–H groups in total. The minimum Gasteiger partial charge on any atom is -0.336 e. The van der Waals surface area contributed by atoms with Crippen molar-refractivity contribution in [3.63, 3.8) is 0 Å². The molecule has 0 fully saturated rings. The molecule has 0 aliphatic carbocycles. The Hall–Kier alpha value is -1.62. The van der Waals surface area contributed by atoms with Crippen LogP contribution in [0.2, 0.25) is 0 Å². The van der Waals surface area contributed by atoms with Crippen LogP contribution in [0.3, 0.4) is 0 Å². The third-order valence-corrected chi connectivity index (χ3v) is 3.17. The molecule has 0 saturated carbocycles. The van der Waals surface area contributed by atoms with Gasteiger partial charge >= 0.3 is 0 Å². The zero-order chi connectivity index (χ0) is 13.8. The van der Waals surface area contributed by atoms with Gasteiger partial charge in [0.1, 0.15) is 0 Å². The van der Waals surface area contributed by atoms with Crippen molar-refractivity contribution in [3.05, 3.63) is 36.2 Å². The topological polar surface area (TPSA) is 47.7 Å². The second-order valence-corrected chi connectivity index (χ2v) is 5.41. The van der Waals surface area contributed by atoms with Crippen LogP contribution < -0.4 is 5.32 Å². The monoisotopic (exact) mass is 261 g/mol. The van der Waals surface area contributed by atoms with Crippen molar-refractivity contribution in [3.8, 4) is 0 Å². The van der Waals surface area contributed by atoms with Gasteiger partial charge in [-0.25, -0.2) is 4.98 Å². The van der Waals surface area contributed by atoms with Gasteiger partial charge in [0.25, 0.3) is 0 Å². The van der Waals surface area contributed by atoms with Gasteiger partial charge in [-0.05, 0) is 12.8 Å². The lowest BCUT2D eigenvalue weighted by atomic mass is 10.1. The summed E-state index contributed by atoms with van der Waals surface area (Å²) in [7, 11) is 1.98. The smallest absolute Gasteiger partial charge is 0.0946 e. The maximum absolute atomic E-state index is 4.53. The predicted molar refractivity (Wildman–Crippen MR) is 75.8 cm³/mol. The molecule has 1 unspecified atom stereocenters. The number of aromatic nitrogens is 4. The van der Waals surface area contributed by atoms with Gasteiger partial charge in [-0.1, -0.05) is 13.8 Å². The van der Waals surface area contributed by atoms with Gasteiger partial charge in [0.15, 0.2) is 0 Å². The molecule has 2 heterocycles. The van der Waals surface area contributed by atoms with Crippen LogP contribution in [0.1, 0.15) is 37.9 Å². The molecular formula is C14H23N5. The number of hydrogen-bond acceptors (Lipinski definition) is 3. The molecule has 1 atom stereocenters. The number of hydrogen-bond donors (Lipinski definition) is 1. The Morgan fingerprint density at radius 1 is 1.32 bits per heavy atom. The maximum Gasteiger partial charge on any atom is 0.0946 e. The molecule has 0 radical (unpaired) electrons. The Labute approximate surface area is 114 Å². The van der Waals surface area contributed by atoms with Crippen molar-refractivity contribution in [1.82, 2.24) is 24.6 Å². The second kappa shape index (κ2) is 6.02. The van der Waals surface area contributed by atoms with Crippen molar-refractivity contribution in [1.29, 1.82) is 0 Å². The predicted octanol–water partition coefficient (Wildman–Crippen LogP) is 1.92. The van der Waals surface area contributed by atoms with Gasteiger partial charge in [0, 0.05) is 50.3 Å². The molecule has 2 aromatic heterocycles. The van der Waals surface area contributed by atoms with Gasteiger partial charge in [0.05, 0.1) is 12.0 Å². The van der Waals surface area contributed by atoms with Gasteiger partial charge in [-0.15, -0.1) is 0 Å². The van der Waals surface area contributed by atoms with Crippen LogP contribution in [0.25, 0.3) is 0 Å². The number of rotatable bonds is 6. The van der Waals surface area contributed by atoms with Crippen LogP contribution in [-0.2, 0) is 20.1 Å². The summed E-state index contributed by atoms with van der Waals surface area (Å²) in [6.45, 7) is 8.33. The molecule has 2 aromatic rings. The van der Waals surface area contributed by atoms with E-state index in [4.69, 9.17) is 0 Å². The summed E-state index contributed by atoms with van der Waals surface area (Å²) in [6, 6.07) is 0.398. The lowest BCUT2D eigenvalue weighted by Gasteiger charge is -2.14. The van der Waals surface area contributed by atoms with Crippen LogP contribution in [-0.4, -0.2) is 25.4 Å². The average Bonchev–Trinajstić information content (AvgIpc) is 2.96. The van der Waals surface area contributed by atoms with E-state index in [1.54, 1.807) is 0 Å². The minimum absolute atomic E-state index is 0.398. The summed E-state index contributed by atoms with van der Waals surface area (Å²) < 4.78 is 3.98. The van der Waals surface area contributed by atoms with Gasteiger partial charge in [-0.2, -0.15) is 5.10 Å². The summed E-state index contributed by atoms with van der Waals surface area (Å²) in [5.41, 5.74) is 2.47. The van der Waals surface area contributed by atoms with Crippen LogP contribution in [0.15, 0.2) is 24.9 Å². The third kappa shape index (κ3) is 3.67. The summed E-state index contributed by atoms with van der Waals surface area (Å²) >= 11 is 0. The van der Waals surface area contributed by atoms with Crippen LogP contribution in [0.4, 0.5) is 0 Å². The molecule has 104 valence electrons. The average molecular weight is 261 g/mol. The fourth-order valence-electron chi connectivity index (χ4n) is 2.24. The third-order valence-electron chi connectivity index (χ3n) is 3.17. The van der Waals surface area contributed by atoms with Crippen LogP contribution in [0.5, 0.6) is 0 Å². The quantitative estimate of drug-likeness (QED) is 0.864. The summed E-state index contributed by atoms with van der Waals surface area (Å²) in [6.07, 6.45) is 7.75. The molecule has 5 heteroatoms. The summed E-state index contributed by atoms with van der Waals surface area (Å²) in [5.74, 6) is 0.460. The Morgan fingerprint density at radius 2 is 2.11 bits per heavy atom. The lowest BCUT2D eigenvalue weighted by molar-refractivity contribution is 0.474. The number of imidazole rings is 1. The zero-order valence-corrected chi connectivity index (χ0v) is 12.2. The van der Waals surface area contributed by atoms with Crippen molar-refractivity contribution < 1.29 is 0 Å². The van der Waals surface area contributed by atoms with Gasteiger partial charge in [-0.3, -0.25) is 4.68 Å². The largest absolute Gasteiger partial charge is 0.336 e. The molecule has 19 heavy (non-hydrogen) atoms. The molecule has 0 amide bonds.